The first-order valence-electron chi connectivity index (χ1n) is 3.78. The number of nitrogens with one attached hydrogen (secondary N) is 2. The van der Waals surface area contributed by atoms with Crippen molar-refractivity contribution in [1.29, 1.82) is 0 Å². The van der Waals surface area contributed by atoms with E-state index in [0.29, 0.717) is 12.2 Å². The Morgan fingerprint density at radius 1 is 1.54 bits per heavy atom. The molecule has 0 saturated carbocycles. The Labute approximate surface area is 79.5 Å². The van der Waals surface area contributed by atoms with Crippen LogP contribution >= 0.6 is 11.9 Å². The molecule has 0 radical (unpaired) electrons. The molecule has 0 aromatic heterocycles. The molecule has 0 spiro atoms. The molecule has 1 aromatic rings. The molecule has 1 aliphatic heterocycles. The second-order valence-corrected chi connectivity index (χ2v) is 3.55. The zero-order chi connectivity index (χ0) is 9.26. The van der Waals surface area contributed by atoms with E-state index in [9.17, 15) is 4.79 Å². The van der Waals surface area contributed by atoms with Gasteiger partial charge in [-0.2, -0.15) is 0 Å². The number of fused-ring (bicyclic) bond motifs is 1. The van der Waals surface area contributed by atoms with Crippen molar-refractivity contribution in [3.05, 3.63) is 23.8 Å². The van der Waals surface area contributed by atoms with Crippen LogP contribution in [0.5, 0.6) is 0 Å². The highest BCUT2D eigenvalue weighted by atomic mass is 32.2. The van der Waals surface area contributed by atoms with Gasteiger partial charge < -0.3 is 10.4 Å². The first-order valence-corrected chi connectivity index (χ1v) is 4.60. The van der Waals surface area contributed by atoms with Crippen molar-refractivity contribution < 1.29 is 9.90 Å². The van der Waals surface area contributed by atoms with Crippen molar-refractivity contribution in [2.24, 2.45) is 0 Å². The number of hydrogen-bond acceptors (Lipinski definition) is 4. The van der Waals surface area contributed by atoms with Crippen LogP contribution in [0.15, 0.2) is 23.1 Å². The first-order chi connectivity index (χ1) is 6.27. The van der Waals surface area contributed by atoms with Crippen LogP contribution in [0.25, 0.3) is 0 Å². The largest absolute Gasteiger partial charge is 0.478 e. The number of rotatable bonds is 1. The molecule has 0 fully saturated rings. The fourth-order valence-corrected chi connectivity index (χ4v) is 1.87. The van der Waals surface area contributed by atoms with E-state index in [0.717, 1.165) is 10.6 Å². The minimum atomic E-state index is -0.894. The van der Waals surface area contributed by atoms with E-state index in [2.05, 4.69) is 10.0 Å². The van der Waals surface area contributed by atoms with E-state index in [1.54, 1.807) is 18.2 Å². The van der Waals surface area contributed by atoms with Crippen LogP contribution in [0, 0.1) is 0 Å². The molecule has 0 bridgehead atoms. The Hall–Kier alpha value is -1.20. The summed E-state index contributed by atoms with van der Waals surface area (Å²) >= 11 is 1.44. The maximum Gasteiger partial charge on any atom is 0.335 e. The zero-order valence-corrected chi connectivity index (χ0v) is 7.52. The average molecular weight is 196 g/mol. The molecule has 0 aliphatic carbocycles. The molecule has 1 aliphatic rings. The summed E-state index contributed by atoms with van der Waals surface area (Å²) in [6.07, 6.45) is 0. The van der Waals surface area contributed by atoms with Crippen LogP contribution in [-0.4, -0.2) is 17.7 Å². The van der Waals surface area contributed by atoms with Gasteiger partial charge in [-0.15, -0.1) is 0 Å². The molecule has 1 heterocycles. The molecule has 2 rings (SSSR count). The maximum atomic E-state index is 10.6. The number of carboxylic acids is 1. The number of carbonyl (C=O) groups is 1. The van der Waals surface area contributed by atoms with E-state index in [-0.39, 0.29) is 0 Å². The third kappa shape index (κ3) is 1.61. The minimum Gasteiger partial charge on any atom is -0.478 e. The SMILES string of the molecule is O=C(O)c1ccc2c(c1)SNCN2. The Balaban J connectivity index is 2.40. The van der Waals surface area contributed by atoms with E-state index >= 15 is 0 Å². The topological polar surface area (TPSA) is 61.4 Å². The summed E-state index contributed by atoms with van der Waals surface area (Å²) in [6.45, 7) is 0.698. The van der Waals surface area contributed by atoms with Crippen molar-refractivity contribution in [3.63, 3.8) is 0 Å². The quantitative estimate of drug-likeness (QED) is 0.592. The Bertz CT molecular complexity index is 354. The lowest BCUT2D eigenvalue weighted by atomic mass is 10.2. The highest BCUT2D eigenvalue weighted by Gasteiger charge is 2.11. The van der Waals surface area contributed by atoms with Gasteiger partial charge in [0.25, 0.3) is 0 Å². The number of anilines is 1. The van der Waals surface area contributed by atoms with Crippen molar-refractivity contribution >= 4 is 23.6 Å². The minimum absolute atomic E-state index is 0.316. The van der Waals surface area contributed by atoms with Gasteiger partial charge in [0.1, 0.15) is 0 Å². The van der Waals surface area contributed by atoms with Crippen molar-refractivity contribution in [3.8, 4) is 0 Å². The van der Waals surface area contributed by atoms with E-state index in [4.69, 9.17) is 5.11 Å². The fourth-order valence-electron chi connectivity index (χ4n) is 1.13. The summed E-state index contributed by atoms with van der Waals surface area (Å²) in [6, 6.07) is 5.04. The summed E-state index contributed by atoms with van der Waals surface area (Å²) in [7, 11) is 0. The summed E-state index contributed by atoms with van der Waals surface area (Å²) < 4.78 is 3.02. The van der Waals surface area contributed by atoms with Gasteiger partial charge in [-0.1, -0.05) is 0 Å². The molecule has 4 nitrogen and oxygen atoms in total. The van der Waals surface area contributed by atoms with Crippen LogP contribution in [0.4, 0.5) is 5.69 Å². The van der Waals surface area contributed by atoms with Crippen LogP contribution in [0.2, 0.25) is 0 Å². The van der Waals surface area contributed by atoms with E-state index < -0.39 is 5.97 Å². The predicted molar refractivity (Wildman–Crippen MR) is 50.9 cm³/mol. The zero-order valence-electron chi connectivity index (χ0n) is 6.70. The molecular weight excluding hydrogens is 188 g/mol. The van der Waals surface area contributed by atoms with Crippen molar-refractivity contribution in [2.45, 2.75) is 4.90 Å². The molecule has 0 atom stereocenters. The van der Waals surface area contributed by atoms with Crippen LogP contribution in [0.3, 0.4) is 0 Å². The number of aromatic carboxylic acids is 1. The monoisotopic (exact) mass is 196 g/mol. The standard InChI is InChI=1S/C8H8N2O2S/c11-8(12)5-1-2-6-7(3-5)13-10-4-9-6/h1-3,9-10H,4H2,(H,11,12). The second kappa shape index (κ2) is 3.27. The van der Waals surface area contributed by atoms with Gasteiger partial charge in [0.05, 0.1) is 17.9 Å². The molecule has 5 heteroatoms. The Morgan fingerprint density at radius 2 is 2.38 bits per heavy atom. The fraction of sp³-hybridized carbons (Fsp3) is 0.125. The van der Waals surface area contributed by atoms with Crippen LogP contribution in [0.1, 0.15) is 10.4 Å². The van der Waals surface area contributed by atoms with Crippen molar-refractivity contribution in [1.82, 2.24) is 4.72 Å². The van der Waals surface area contributed by atoms with Gasteiger partial charge in [-0.25, -0.2) is 9.52 Å². The molecule has 0 unspecified atom stereocenters. The number of hydrogen-bond donors (Lipinski definition) is 3. The lowest BCUT2D eigenvalue weighted by Crippen LogP contribution is -2.20. The highest BCUT2D eigenvalue weighted by molar-refractivity contribution is 7.97. The smallest absolute Gasteiger partial charge is 0.335 e. The molecule has 0 saturated heterocycles. The lowest BCUT2D eigenvalue weighted by molar-refractivity contribution is 0.0696. The van der Waals surface area contributed by atoms with E-state index in [1.165, 1.54) is 11.9 Å². The lowest BCUT2D eigenvalue weighted by Gasteiger charge is -2.17. The highest BCUT2D eigenvalue weighted by Crippen LogP contribution is 2.28. The summed E-state index contributed by atoms with van der Waals surface area (Å²) in [5, 5.41) is 11.8. The van der Waals surface area contributed by atoms with Crippen LogP contribution < -0.4 is 10.0 Å². The van der Waals surface area contributed by atoms with Crippen molar-refractivity contribution in [2.75, 3.05) is 12.0 Å². The first kappa shape index (κ1) is 8.40. The molecule has 1 aromatic carbocycles. The summed E-state index contributed by atoms with van der Waals surface area (Å²) in [5.74, 6) is -0.894. The maximum absolute atomic E-state index is 10.6. The van der Waals surface area contributed by atoms with Gasteiger partial charge in [-0.3, -0.25) is 0 Å². The van der Waals surface area contributed by atoms with Gasteiger partial charge in [0.15, 0.2) is 0 Å². The molecule has 3 N–H and O–H groups in total. The van der Waals surface area contributed by atoms with E-state index in [1.807, 2.05) is 0 Å². The molecule has 0 amide bonds. The third-order valence-corrected chi connectivity index (χ3v) is 2.61. The number of carboxylic acid groups (broad SMARTS) is 1. The van der Waals surface area contributed by atoms with Gasteiger partial charge in [0, 0.05) is 4.90 Å². The predicted octanol–water partition coefficient (Wildman–Crippen LogP) is 1.36. The summed E-state index contributed by atoms with van der Waals surface area (Å²) in [4.78, 5) is 11.6. The Morgan fingerprint density at radius 3 is 3.15 bits per heavy atom. The van der Waals surface area contributed by atoms with Gasteiger partial charge in [-0.05, 0) is 30.1 Å². The second-order valence-electron chi connectivity index (χ2n) is 2.62. The molecular formula is C8H8N2O2S. The molecule has 68 valence electrons. The average Bonchev–Trinajstić information content (AvgIpc) is 2.17. The summed E-state index contributed by atoms with van der Waals surface area (Å²) in [5.41, 5.74) is 1.30. The third-order valence-electron chi connectivity index (χ3n) is 1.76. The number of benzene rings is 1. The normalized spacial score (nSPS) is 14.5. The van der Waals surface area contributed by atoms with Gasteiger partial charge in [0.2, 0.25) is 0 Å². The molecule has 13 heavy (non-hydrogen) atoms. The van der Waals surface area contributed by atoms with Gasteiger partial charge >= 0.3 is 5.97 Å². The van der Waals surface area contributed by atoms with Crippen LogP contribution in [-0.2, 0) is 0 Å². The Kier molecular flexibility index (Phi) is 2.12.